The van der Waals surface area contributed by atoms with E-state index < -0.39 is 5.97 Å². The van der Waals surface area contributed by atoms with Gasteiger partial charge in [0.15, 0.2) is 0 Å². The Morgan fingerprint density at radius 1 is 1.00 bits per heavy atom. The summed E-state index contributed by atoms with van der Waals surface area (Å²) in [5.41, 5.74) is 1.08. The standard InChI is InChI=1S/C17H12O2S/c18-17(19)16(11-13-7-4-10-20-13)15-9-3-6-12-5-1-2-8-14(12)15/h1-11H,(H,18,19). The van der Waals surface area contributed by atoms with Gasteiger partial charge < -0.3 is 5.11 Å². The van der Waals surface area contributed by atoms with E-state index in [4.69, 9.17) is 0 Å². The van der Waals surface area contributed by atoms with Crippen molar-refractivity contribution < 1.29 is 9.90 Å². The van der Waals surface area contributed by atoms with Gasteiger partial charge in [0.1, 0.15) is 0 Å². The van der Waals surface area contributed by atoms with Crippen LogP contribution in [0.1, 0.15) is 10.4 Å². The van der Waals surface area contributed by atoms with Crippen LogP contribution < -0.4 is 0 Å². The first-order chi connectivity index (χ1) is 9.75. The summed E-state index contributed by atoms with van der Waals surface area (Å²) in [6, 6.07) is 17.4. The Kier molecular flexibility index (Phi) is 3.35. The van der Waals surface area contributed by atoms with Crippen molar-refractivity contribution in [2.24, 2.45) is 0 Å². The van der Waals surface area contributed by atoms with Crippen molar-refractivity contribution in [2.75, 3.05) is 0 Å². The molecule has 0 saturated heterocycles. The Bertz CT molecular complexity index is 780. The van der Waals surface area contributed by atoms with Crippen molar-refractivity contribution in [1.82, 2.24) is 0 Å². The molecule has 0 atom stereocenters. The Morgan fingerprint density at radius 2 is 1.80 bits per heavy atom. The zero-order chi connectivity index (χ0) is 13.9. The van der Waals surface area contributed by atoms with E-state index in [1.807, 2.05) is 60.0 Å². The molecule has 0 aliphatic carbocycles. The third-order valence-corrected chi connectivity index (χ3v) is 3.96. The number of benzene rings is 2. The van der Waals surface area contributed by atoms with Crippen LogP contribution in [0.25, 0.3) is 22.4 Å². The number of fused-ring (bicyclic) bond motifs is 1. The van der Waals surface area contributed by atoms with Crippen LogP contribution in [-0.4, -0.2) is 11.1 Å². The first-order valence-corrected chi connectivity index (χ1v) is 7.10. The minimum atomic E-state index is -0.908. The van der Waals surface area contributed by atoms with Crippen LogP contribution in [0.4, 0.5) is 0 Å². The molecular formula is C17H12O2S. The van der Waals surface area contributed by atoms with Gasteiger partial charge in [-0.3, -0.25) is 0 Å². The molecule has 0 bridgehead atoms. The molecule has 2 aromatic carbocycles. The second-order valence-electron chi connectivity index (χ2n) is 4.41. The van der Waals surface area contributed by atoms with E-state index in [0.29, 0.717) is 5.57 Å². The van der Waals surface area contributed by atoms with Gasteiger partial charge in [-0.2, -0.15) is 0 Å². The first-order valence-electron chi connectivity index (χ1n) is 6.22. The molecule has 2 nitrogen and oxygen atoms in total. The molecular weight excluding hydrogens is 268 g/mol. The van der Waals surface area contributed by atoms with Gasteiger partial charge in [0.25, 0.3) is 0 Å². The first kappa shape index (κ1) is 12.6. The van der Waals surface area contributed by atoms with Crippen molar-refractivity contribution in [3.05, 3.63) is 70.4 Å². The van der Waals surface area contributed by atoms with E-state index in [1.165, 1.54) is 11.3 Å². The molecule has 1 aromatic heterocycles. The molecule has 0 unspecified atom stereocenters. The molecule has 0 aliphatic heterocycles. The highest BCUT2D eigenvalue weighted by molar-refractivity contribution is 7.11. The van der Waals surface area contributed by atoms with Crippen molar-refractivity contribution in [3.63, 3.8) is 0 Å². The highest BCUT2D eigenvalue weighted by Gasteiger charge is 2.13. The molecule has 3 rings (SSSR count). The molecule has 1 N–H and O–H groups in total. The predicted octanol–water partition coefficient (Wildman–Crippen LogP) is 4.53. The lowest BCUT2D eigenvalue weighted by Gasteiger charge is -2.07. The summed E-state index contributed by atoms with van der Waals surface area (Å²) in [4.78, 5) is 12.5. The molecule has 0 fully saturated rings. The number of hydrogen-bond acceptors (Lipinski definition) is 2. The minimum absolute atomic E-state index is 0.323. The van der Waals surface area contributed by atoms with Crippen LogP contribution in [0, 0.1) is 0 Å². The molecule has 0 amide bonds. The van der Waals surface area contributed by atoms with Gasteiger partial charge in [-0.1, -0.05) is 48.5 Å². The maximum Gasteiger partial charge on any atom is 0.336 e. The van der Waals surface area contributed by atoms with Crippen LogP contribution in [0.5, 0.6) is 0 Å². The second-order valence-corrected chi connectivity index (χ2v) is 5.38. The summed E-state index contributed by atoms with van der Waals surface area (Å²) in [5.74, 6) is -0.908. The molecule has 0 saturated carbocycles. The Hall–Kier alpha value is -2.39. The molecule has 3 heteroatoms. The van der Waals surface area contributed by atoms with Gasteiger partial charge in [-0.25, -0.2) is 4.79 Å². The third-order valence-electron chi connectivity index (χ3n) is 3.14. The number of aliphatic carboxylic acids is 1. The largest absolute Gasteiger partial charge is 0.478 e. The quantitative estimate of drug-likeness (QED) is 0.716. The van der Waals surface area contributed by atoms with Gasteiger partial charge in [-0.15, -0.1) is 11.3 Å². The summed E-state index contributed by atoms with van der Waals surface area (Å²) in [6.07, 6.45) is 1.73. The summed E-state index contributed by atoms with van der Waals surface area (Å²) < 4.78 is 0. The van der Waals surface area contributed by atoms with Crippen molar-refractivity contribution in [2.45, 2.75) is 0 Å². The maximum atomic E-state index is 11.6. The molecule has 0 radical (unpaired) electrons. The molecule has 0 spiro atoms. The number of rotatable bonds is 3. The fraction of sp³-hybridized carbons (Fsp3) is 0. The zero-order valence-corrected chi connectivity index (χ0v) is 11.4. The van der Waals surface area contributed by atoms with Crippen LogP contribution in [0.15, 0.2) is 60.0 Å². The number of carboxylic acid groups (broad SMARTS) is 1. The Balaban J connectivity index is 2.23. The number of carboxylic acids is 1. The predicted molar refractivity (Wildman–Crippen MR) is 83.8 cm³/mol. The zero-order valence-electron chi connectivity index (χ0n) is 10.6. The normalized spacial score (nSPS) is 11.7. The molecule has 0 aliphatic rings. The van der Waals surface area contributed by atoms with Crippen LogP contribution in [-0.2, 0) is 4.79 Å². The van der Waals surface area contributed by atoms with Crippen molar-refractivity contribution >= 4 is 39.7 Å². The lowest BCUT2D eigenvalue weighted by molar-refractivity contribution is -0.130. The molecule has 98 valence electrons. The fourth-order valence-electron chi connectivity index (χ4n) is 2.23. The topological polar surface area (TPSA) is 37.3 Å². The van der Waals surface area contributed by atoms with E-state index in [1.54, 1.807) is 6.08 Å². The lowest BCUT2D eigenvalue weighted by Crippen LogP contribution is -2.00. The lowest BCUT2D eigenvalue weighted by atomic mass is 9.98. The average molecular weight is 280 g/mol. The Labute approximate surface area is 120 Å². The smallest absolute Gasteiger partial charge is 0.336 e. The SMILES string of the molecule is O=C(O)C(=Cc1cccs1)c1cccc2ccccc12. The molecule has 3 aromatic rings. The third kappa shape index (κ3) is 2.36. The highest BCUT2D eigenvalue weighted by atomic mass is 32.1. The molecule has 1 heterocycles. The fourth-order valence-corrected chi connectivity index (χ4v) is 2.89. The number of carbonyl (C=O) groups is 1. The van der Waals surface area contributed by atoms with Crippen LogP contribution >= 0.6 is 11.3 Å². The van der Waals surface area contributed by atoms with Gasteiger partial charge in [0, 0.05) is 4.88 Å². The summed E-state index contributed by atoms with van der Waals surface area (Å²) in [5, 5.41) is 13.5. The number of thiophene rings is 1. The van der Waals surface area contributed by atoms with Gasteiger partial charge in [-0.05, 0) is 33.9 Å². The van der Waals surface area contributed by atoms with Crippen LogP contribution in [0.2, 0.25) is 0 Å². The van der Waals surface area contributed by atoms with E-state index >= 15 is 0 Å². The van der Waals surface area contributed by atoms with E-state index in [2.05, 4.69) is 0 Å². The summed E-state index contributed by atoms with van der Waals surface area (Å²) in [7, 11) is 0. The summed E-state index contributed by atoms with van der Waals surface area (Å²) in [6.45, 7) is 0. The van der Waals surface area contributed by atoms with E-state index in [0.717, 1.165) is 21.2 Å². The highest BCUT2D eigenvalue weighted by Crippen LogP contribution is 2.27. The maximum absolute atomic E-state index is 11.6. The average Bonchev–Trinajstić information content (AvgIpc) is 2.97. The van der Waals surface area contributed by atoms with Gasteiger partial charge in [0.2, 0.25) is 0 Å². The second kappa shape index (κ2) is 5.31. The summed E-state index contributed by atoms with van der Waals surface area (Å²) >= 11 is 1.53. The van der Waals surface area contributed by atoms with Gasteiger partial charge in [0.05, 0.1) is 5.57 Å². The minimum Gasteiger partial charge on any atom is -0.478 e. The monoisotopic (exact) mass is 280 g/mol. The number of hydrogen-bond donors (Lipinski definition) is 1. The van der Waals surface area contributed by atoms with Crippen molar-refractivity contribution in [3.8, 4) is 0 Å². The Morgan fingerprint density at radius 3 is 2.55 bits per heavy atom. The van der Waals surface area contributed by atoms with E-state index in [-0.39, 0.29) is 0 Å². The van der Waals surface area contributed by atoms with Crippen LogP contribution in [0.3, 0.4) is 0 Å². The molecule has 20 heavy (non-hydrogen) atoms. The van der Waals surface area contributed by atoms with Gasteiger partial charge >= 0.3 is 5.97 Å². The van der Waals surface area contributed by atoms with Crippen molar-refractivity contribution in [1.29, 1.82) is 0 Å². The van der Waals surface area contributed by atoms with E-state index in [9.17, 15) is 9.90 Å².